The number of fused-ring (bicyclic) bond motifs is 1. The van der Waals surface area contributed by atoms with Crippen LogP contribution in [0.15, 0.2) is 36.5 Å². The maximum atomic E-state index is 5.24. The Kier molecular flexibility index (Phi) is 3.12. The number of aromatic nitrogens is 3. The quantitative estimate of drug-likeness (QED) is 0.762. The van der Waals surface area contributed by atoms with Crippen molar-refractivity contribution < 1.29 is 9.47 Å². The number of rotatable bonds is 4. The van der Waals surface area contributed by atoms with Crippen LogP contribution in [-0.4, -0.2) is 29.4 Å². The van der Waals surface area contributed by atoms with Crippen LogP contribution in [0.1, 0.15) is 0 Å². The minimum Gasteiger partial charge on any atom is -0.495 e. The number of H-pyrrole nitrogens is 1. The molecule has 1 aromatic carbocycles. The van der Waals surface area contributed by atoms with E-state index in [9.17, 15) is 0 Å². The fourth-order valence-corrected chi connectivity index (χ4v) is 1.98. The van der Waals surface area contributed by atoms with Crippen molar-refractivity contribution >= 4 is 22.4 Å². The zero-order chi connectivity index (χ0) is 13.9. The molecule has 2 aromatic heterocycles. The standard InChI is InChI=1S/C14H14N4O2/c1-19-9-7-12(14(20-2)15-8-9)16-13-10-5-3-4-6-11(10)17-18-13/h3-8H,1-2H3,(H2,16,17,18). The van der Waals surface area contributed by atoms with E-state index in [2.05, 4.69) is 20.5 Å². The van der Waals surface area contributed by atoms with Gasteiger partial charge in [0.25, 0.3) is 0 Å². The van der Waals surface area contributed by atoms with E-state index in [4.69, 9.17) is 9.47 Å². The van der Waals surface area contributed by atoms with Crippen molar-refractivity contribution in [3.8, 4) is 11.6 Å². The molecule has 2 heterocycles. The number of anilines is 2. The van der Waals surface area contributed by atoms with E-state index in [1.54, 1.807) is 20.4 Å². The van der Waals surface area contributed by atoms with Crippen molar-refractivity contribution in [3.63, 3.8) is 0 Å². The van der Waals surface area contributed by atoms with Crippen LogP contribution in [0.3, 0.4) is 0 Å². The summed E-state index contributed by atoms with van der Waals surface area (Å²) in [5, 5.41) is 11.4. The number of nitrogens with one attached hydrogen (secondary N) is 2. The smallest absolute Gasteiger partial charge is 0.237 e. The number of hydrogen-bond donors (Lipinski definition) is 2. The van der Waals surface area contributed by atoms with Gasteiger partial charge in [0.2, 0.25) is 5.88 Å². The third-order valence-electron chi connectivity index (χ3n) is 2.98. The first kappa shape index (κ1) is 12.3. The molecule has 0 fully saturated rings. The molecule has 102 valence electrons. The highest BCUT2D eigenvalue weighted by molar-refractivity contribution is 5.91. The summed E-state index contributed by atoms with van der Waals surface area (Å²) >= 11 is 0. The SMILES string of the molecule is COc1cnc(OC)c(Nc2n[nH]c3ccccc23)c1. The van der Waals surface area contributed by atoms with Crippen molar-refractivity contribution in [1.82, 2.24) is 15.2 Å². The number of benzene rings is 1. The molecule has 0 aliphatic carbocycles. The van der Waals surface area contributed by atoms with Gasteiger partial charge in [0, 0.05) is 11.5 Å². The maximum absolute atomic E-state index is 5.24. The molecule has 0 aliphatic rings. The minimum atomic E-state index is 0.484. The second-order valence-electron chi connectivity index (χ2n) is 4.17. The van der Waals surface area contributed by atoms with Crippen molar-refractivity contribution in [1.29, 1.82) is 0 Å². The van der Waals surface area contributed by atoms with Crippen molar-refractivity contribution in [3.05, 3.63) is 36.5 Å². The van der Waals surface area contributed by atoms with Crippen molar-refractivity contribution in [2.45, 2.75) is 0 Å². The summed E-state index contributed by atoms with van der Waals surface area (Å²) in [6.07, 6.45) is 1.60. The summed E-state index contributed by atoms with van der Waals surface area (Å²) in [5.74, 6) is 1.85. The predicted molar refractivity (Wildman–Crippen MR) is 76.7 cm³/mol. The molecule has 6 nitrogen and oxygen atoms in total. The Morgan fingerprint density at radius 2 is 2.00 bits per heavy atom. The number of ether oxygens (including phenoxy) is 2. The van der Waals surface area contributed by atoms with E-state index in [0.29, 0.717) is 23.1 Å². The number of pyridine rings is 1. The normalized spacial score (nSPS) is 10.5. The predicted octanol–water partition coefficient (Wildman–Crippen LogP) is 2.72. The van der Waals surface area contributed by atoms with Crippen LogP contribution < -0.4 is 14.8 Å². The summed E-state index contributed by atoms with van der Waals surface area (Å²) in [6.45, 7) is 0. The Morgan fingerprint density at radius 1 is 1.15 bits per heavy atom. The van der Waals surface area contributed by atoms with Crippen LogP contribution in [-0.2, 0) is 0 Å². The molecule has 0 amide bonds. The molecule has 0 aliphatic heterocycles. The average Bonchev–Trinajstić information content (AvgIpc) is 2.90. The second kappa shape index (κ2) is 5.08. The summed E-state index contributed by atoms with van der Waals surface area (Å²) in [5.41, 5.74) is 1.66. The van der Waals surface area contributed by atoms with Crippen LogP contribution in [0.2, 0.25) is 0 Å². The number of methoxy groups -OCH3 is 2. The first-order valence-electron chi connectivity index (χ1n) is 6.10. The van der Waals surface area contributed by atoms with Gasteiger partial charge in [-0.1, -0.05) is 12.1 Å². The molecule has 0 bridgehead atoms. The van der Waals surface area contributed by atoms with E-state index >= 15 is 0 Å². The van der Waals surface area contributed by atoms with Crippen LogP contribution >= 0.6 is 0 Å². The lowest BCUT2D eigenvalue weighted by molar-refractivity contribution is 0.389. The third kappa shape index (κ3) is 2.11. The van der Waals surface area contributed by atoms with E-state index in [-0.39, 0.29) is 0 Å². The highest BCUT2D eigenvalue weighted by Gasteiger charge is 2.10. The van der Waals surface area contributed by atoms with E-state index in [1.165, 1.54) is 0 Å². The summed E-state index contributed by atoms with van der Waals surface area (Å²) in [4.78, 5) is 4.18. The van der Waals surface area contributed by atoms with Gasteiger partial charge in [0.1, 0.15) is 11.4 Å². The molecule has 3 aromatic rings. The summed E-state index contributed by atoms with van der Waals surface area (Å²) < 4.78 is 10.4. The molecule has 0 unspecified atom stereocenters. The van der Waals surface area contributed by atoms with Gasteiger partial charge in [-0.25, -0.2) is 4.98 Å². The molecule has 6 heteroatoms. The monoisotopic (exact) mass is 270 g/mol. The second-order valence-corrected chi connectivity index (χ2v) is 4.17. The first-order valence-corrected chi connectivity index (χ1v) is 6.10. The Hall–Kier alpha value is -2.76. The topological polar surface area (TPSA) is 72.1 Å². The fraction of sp³-hybridized carbons (Fsp3) is 0.143. The lowest BCUT2D eigenvalue weighted by atomic mass is 10.2. The molecular weight excluding hydrogens is 256 g/mol. The molecule has 3 rings (SSSR count). The first-order chi connectivity index (χ1) is 9.81. The largest absolute Gasteiger partial charge is 0.495 e. The lowest BCUT2D eigenvalue weighted by Crippen LogP contribution is -1.98. The van der Waals surface area contributed by atoms with Gasteiger partial charge in [0.05, 0.1) is 25.9 Å². The van der Waals surface area contributed by atoms with Gasteiger partial charge in [-0.15, -0.1) is 0 Å². The Morgan fingerprint density at radius 3 is 2.80 bits per heavy atom. The Balaban J connectivity index is 2.01. The van der Waals surface area contributed by atoms with Crippen LogP contribution in [0.4, 0.5) is 11.5 Å². The highest BCUT2D eigenvalue weighted by Crippen LogP contribution is 2.30. The van der Waals surface area contributed by atoms with E-state index < -0.39 is 0 Å². The number of para-hydroxylation sites is 1. The van der Waals surface area contributed by atoms with Crippen LogP contribution in [0.5, 0.6) is 11.6 Å². The summed E-state index contributed by atoms with van der Waals surface area (Å²) in [7, 11) is 3.17. The molecule has 0 spiro atoms. The lowest BCUT2D eigenvalue weighted by Gasteiger charge is -2.10. The zero-order valence-electron chi connectivity index (χ0n) is 11.2. The Labute approximate surface area is 115 Å². The molecule has 0 atom stereocenters. The minimum absolute atomic E-state index is 0.484. The molecular formula is C14H14N4O2. The summed E-state index contributed by atoms with van der Waals surface area (Å²) in [6, 6.07) is 9.69. The van der Waals surface area contributed by atoms with Gasteiger partial charge < -0.3 is 14.8 Å². The molecule has 0 saturated carbocycles. The van der Waals surface area contributed by atoms with E-state index in [1.807, 2.05) is 30.3 Å². The van der Waals surface area contributed by atoms with E-state index in [0.717, 1.165) is 10.9 Å². The van der Waals surface area contributed by atoms with Gasteiger partial charge >= 0.3 is 0 Å². The van der Waals surface area contributed by atoms with Crippen LogP contribution in [0.25, 0.3) is 10.9 Å². The van der Waals surface area contributed by atoms with Crippen LogP contribution in [0, 0.1) is 0 Å². The van der Waals surface area contributed by atoms with Gasteiger partial charge in [-0.05, 0) is 12.1 Å². The maximum Gasteiger partial charge on any atom is 0.237 e. The third-order valence-corrected chi connectivity index (χ3v) is 2.98. The zero-order valence-corrected chi connectivity index (χ0v) is 11.2. The van der Waals surface area contributed by atoms with Gasteiger partial charge in [-0.3, -0.25) is 5.10 Å². The highest BCUT2D eigenvalue weighted by atomic mass is 16.5. The number of hydrogen-bond acceptors (Lipinski definition) is 5. The number of aromatic amines is 1. The van der Waals surface area contributed by atoms with Gasteiger partial charge in [-0.2, -0.15) is 5.10 Å². The average molecular weight is 270 g/mol. The van der Waals surface area contributed by atoms with Gasteiger partial charge in [0.15, 0.2) is 5.82 Å². The molecule has 0 radical (unpaired) electrons. The molecule has 20 heavy (non-hydrogen) atoms. The van der Waals surface area contributed by atoms with Crippen molar-refractivity contribution in [2.24, 2.45) is 0 Å². The molecule has 2 N–H and O–H groups in total. The Bertz CT molecular complexity index is 739. The number of nitrogens with zero attached hydrogens (tertiary/aromatic N) is 2. The van der Waals surface area contributed by atoms with Crippen molar-refractivity contribution in [2.75, 3.05) is 19.5 Å². The fourth-order valence-electron chi connectivity index (χ4n) is 1.98. The molecule has 0 saturated heterocycles.